The molecule has 0 saturated carbocycles. The molecule has 2 aromatic carbocycles. The summed E-state index contributed by atoms with van der Waals surface area (Å²) in [6.45, 7) is 8.68. The molecule has 1 atom stereocenters. The molecule has 1 aliphatic heterocycles. The van der Waals surface area contributed by atoms with Gasteiger partial charge in [0.25, 0.3) is 0 Å². The highest BCUT2D eigenvalue weighted by Crippen LogP contribution is 2.41. The highest BCUT2D eigenvalue weighted by atomic mass is 35.5. The van der Waals surface area contributed by atoms with Crippen molar-refractivity contribution in [2.75, 3.05) is 11.4 Å². The third-order valence-electron chi connectivity index (χ3n) is 5.68. The second-order valence-corrected chi connectivity index (χ2v) is 9.72. The highest BCUT2D eigenvalue weighted by molar-refractivity contribution is 6.30. The molecular formula is C25H26ClF3N4O. The van der Waals surface area contributed by atoms with Crippen LogP contribution in [0.5, 0.6) is 0 Å². The molecule has 4 rings (SSSR count). The number of aromatic nitrogens is 2. The Balaban J connectivity index is 1.73. The zero-order valence-corrected chi connectivity index (χ0v) is 20.2. The summed E-state index contributed by atoms with van der Waals surface area (Å²) in [5.41, 5.74) is 0.436. The van der Waals surface area contributed by atoms with Crippen molar-refractivity contribution in [3.8, 4) is 0 Å². The maximum atomic E-state index is 13.4. The molecule has 3 aromatic rings. The molecule has 0 bridgehead atoms. The zero-order chi connectivity index (χ0) is 24.7. The van der Waals surface area contributed by atoms with Crippen molar-refractivity contribution in [2.45, 2.75) is 51.9 Å². The second-order valence-electron chi connectivity index (χ2n) is 9.28. The normalized spacial score (nSPS) is 18.2. The molecule has 0 amide bonds. The van der Waals surface area contributed by atoms with Crippen molar-refractivity contribution in [1.29, 1.82) is 0 Å². The van der Waals surface area contributed by atoms with E-state index in [0.29, 0.717) is 35.4 Å². The van der Waals surface area contributed by atoms with Crippen molar-refractivity contribution < 1.29 is 17.7 Å². The van der Waals surface area contributed by atoms with Gasteiger partial charge in [0.1, 0.15) is 5.82 Å². The highest BCUT2D eigenvalue weighted by Gasteiger charge is 2.38. The van der Waals surface area contributed by atoms with Gasteiger partial charge < -0.3 is 14.3 Å². The fourth-order valence-corrected chi connectivity index (χ4v) is 4.17. The molecule has 1 saturated heterocycles. The van der Waals surface area contributed by atoms with Gasteiger partial charge in [-0.15, -0.1) is 0 Å². The van der Waals surface area contributed by atoms with Crippen LogP contribution in [0.15, 0.2) is 65.0 Å². The standard InChI is InChI=1S/C25H26ClF3N4O/c1-5-22-32(15-21-30-23(34-31-21)24(2,3)4)14-20(33(22)19-11-9-18(26)10-12-19)16-7-6-8-17(13-16)25(27,28)29/h5-13,20H,14-15H2,1-4H3/b22-5-/t20-/m1/s1. The summed E-state index contributed by atoms with van der Waals surface area (Å²) in [6.07, 6.45) is -2.48. The van der Waals surface area contributed by atoms with Crippen LogP contribution in [0, 0.1) is 0 Å². The van der Waals surface area contributed by atoms with E-state index in [-0.39, 0.29) is 11.5 Å². The maximum absolute atomic E-state index is 13.4. The molecule has 0 unspecified atom stereocenters. The average Bonchev–Trinajstić information content (AvgIpc) is 3.39. The molecule has 0 aliphatic carbocycles. The SMILES string of the molecule is C/C=C1/N(Cc2noc(C(C)(C)C)n2)C[C@H](c2cccc(C(F)(F)F)c2)N1c1ccc(Cl)cc1. The van der Waals surface area contributed by atoms with E-state index in [1.807, 2.05) is 50.8 Å². The minimum Gasteiger partial charge on any atom is -0.348 e. The van der Waals surface area contributed by atoms with Crippen LogP contribution in [-0.4, -0.2) is 21.6 Å². The number of hydrogen-bond acceptors (Lipinski definition) is 5. The fraction of sp³-hybridized carbons (Fsp3) is 0.360. The molecule has 9 heteroatoms. The topological polar surface area (TPSA) is 45.4 Å². The predicted molar refractivity (Wildman–Crippen MR) is 125 cm³/mol. The van der Waals surface area contributed by atoms with E-state index in [0.717, 1.165) is 17.6 Å². The predicted octanol–water partition coefficient (Wildman–Crippen LogP) is 6.96. The summed E-state index contributed by atoms with van der Waals surface area (Å²) < 4.78 is 45.8. The Morgan fingerprint density at radius 2 is 1.82 bits per heavy atom. The smallest absolute Gasteiger partial charge is 0.348 e. The van der Waals surface area contributed by atoms with Gasteiger partial charge in [-0.05, 0) is 55.0 Å². The van der Waals surface area contributed by atoms with Crippen molar-refractivity contribution in [1.82, 2.24) is 15.0 Å². The number of nitrogens with zero attached hydrogens (tertiary/aromatic N) is 4. The van der Waals surface area contributed by atoms with Gasteiger partial charge in [0, 0.05) is 22.7 Å². The van der Waals surface area contributed by atoms with Crippen LogP contribution in [-0.2, 0) is 18.1 Å². The Morgan fingerprint density at radius 1 is 1.12 bits per heavy atom. The largest absolute Gasteiger partial charge is 0.416 e. The van der Waals surface area contributed by atoms with Crippen molar-refractivity contribution in [3.63, 3.8) is 0 Å². The van der Waals surface area contributed by atoms with Crippen LogP contribution in [0.2, 0.25) is 5.02 Å². The summed E-state index contributed by atoms with van der Waals surface area (Å²) >= 11 is 6.09. The van der Waals surface area contributed by atoms with E-state index in [2.05, 4.69) is 15.0 Å². The Morgan fingerprint density at radius 3 is 2.41 bits per heavy atom. The van der Waals surface area contributed by atoms with E-state index in [4.69, 9.17) is 16.1 Å². The van der Waals surface area contributed by atoms with Crippen LogP contribution < -0.4 is 4.90 Å². The number of rotatable bonds is 4. The number of halogens is 4. The first kappa shape index (κ1) is 24.1. The van der Waals surface area contributed by atoms with Crippen molar-refractivity contribution in [3.05, 3.63) is 88.3 Å². The zero-order valence-electron chi connectivity index (χ0n) is 19.4. The second kappa shape index (κ2) is 8.98. The van der Waals surface area contributed by atoms with Crippen molar-refractivity contribution >= 4 is 17.3 Å². The van der Waals surface area contributed by atoms with Crippen LogP contribution in [0.4, 0.5) is 18.9 Å². The molecule has 0 radical (unpaired) electrons. The van der Waals surface area contributed by atoms with Gasteiger partial charge in [-0.1, -0.05) is 49.7 Å². The minimum atomic E-state index is -4.42. The number of allylic oxidation sites excluding steroid dienone is 1. The van der Waals surface area contributed by atoms with Crippen molar-refractivity contribution in [2.24, 2.45) is 0 Å². The summed E-state index contributed by atoms with van der Waals surface area (Å²) in [5.74, 6) is 1.89. The summed E-state index contributed by atoms with van der Waals surface area (Å²) in [7, 11) is 0. The Hall–Kier alpha value is -3.00. The third-order valence-corrected chi connectivity index (χ3v) is 5.93. The van der Waals surface area contributed by atoms with Gasteiger partial charge in [-0.2, -0.15) is 18.2 Å². The van der Waals surface area contributed by atoms with E-state index in [9.17, 15) is 13.2 Å². The first-order valence-corrected chi connectivity index (χ1v) is 11.3. The van der Waals surface area contributed by atoms with E-state index >= 15 is 0 Å². The molecule has 1 aromatic heterocycles. The monoisotopic (exact) mass is 490 g/mol. The van der Waals surface area contributed by atoms with Gasteiger partial charge in [0.15, 0.2) is 5.82 Å². The minimum absolute atomic E-state index is 0.282. The Kier molecular flexibility index (Phi) is 6.38. The molecule has 34 heavy (non-hydrogen) atoms. The van der Waals surface area contributed by atoms with Gasteiger partial charge in [0.2, 0.25) is 5.89 Å². The summed E-state index contributed by atoms with van der Waals surface area (Å²) in [6, 6.07) is 12.4. The molecule has 180 valence electrons. The lowest BCUT2D eigenvalue weighted by atomic mass is 9.97. The van der Waals surface area contributed by atoms with Crippen LogP contribution in [0.3, 0.4) is 0 Å². The molecule has 5 nitrogen and oxygen atoms in total. The molecule has 1 aliphatic rings. The lowest BCUT2D eigenvalue weighted by Gasteiger charge is -2.28. The van der Waals surface area contributed by atoms with Crippen LogP contribution >= 0.6 is 11.6 Å². The molecular weight excluding hydrogens is 465 g/mol. The van der Waals surface area contributed by atoms with Crippen LogP contribution in [0.25, 0.3) is 0 Å². The Labute approximate surface area is 201 Å². The van der Waals surface area contributed by atoms with Gasteiger partial charge in [0.05, 0.1) is 18.2 Å². The lowest BCUT2D eigenvalue weighted by molar-refractivity contribution is -0.137. The lowest BCUT2D eigenvalue weighted by Crippen LogP contribution is -2.24. The number of hydrogen-bond donors (Lipinski definition) is 0. The number of benzene rings is 2. The molecule has 2 heterocycles. The van der Waals surface area contributed by atoms with E-state index in [1.54, 1.807) is 18.2 Å². The maximum Gasteiger partial charge on any atom is 0.416 e. The average molecular weight is 491 g/mol. The molecule has 1 fully saturated rings. The number of anilines is 1. The molecule has 0 spiro atoms. The third kappa shape index (κ3) is 4.92. The van der Waals surface area contributed by atoms with Gasteiger partial charge >= 0.3 is 6.18 Å². The van der Waals surface area contributed by atoms with Gasteiger partial charge in [-0.3, -0.25) is 0 Å². The first-order valence-electron chi connectivity index (χ1n) is 10.9. The first-order chi connectivity index (χ1) is 16.0. The fourth-order valence-electron chi connectivity index (χ4n) is 4.05. The van der Waals surface area contributed by atoms with Crippen LogP contribution in [0.1, 0.15) is 56.6 Å². The summed E-state index contributed by atoms with van der Waals surface area (Å²) in [5, 5.41) is 4.71. The Bertz CT molecular complexity index is 1180. The molecule has 0 N–H and O–H groups in total. The number of alkyl halides is 3. The van der Waals surface area contributed by atoms with E-state index in [1.165, 1.54) is 12.1 Å². The van der Waals surface area contributed by atoms with E-state index < -0.39 is 11.7 Å². The van der Waals surface area contributed by atoms with Gasteiger partial charge in [-0.25, -0.2) is 0 Å². The quantitative estimate of drug-likeness (QED) is 0.395. The summed E-state index contributed by atoms with van der Waals surface area (Å²) in [4.78, 5) is 8.61.